The second-order valence-electron chi connectivity index (χ2n) is 3.83. The highest BCUT2D eigenvalue weighted by Gasteiger charge is 2.42. The van der Waals surface area contributed by atoms with Crippen LogP contribution in [0.5, 0.6) is 0 Å². The van der Waals surface area contributed by atoms with Crippen LogP contribution in [0.4, 0.5) is 0 Å². The summed E-state index contributed by atoms with van der Waals surface area (Å²) < 4.78 is 10.8. The van der Waals surface area contributed by atoms with E-state index in [0.29, 0.717) is 6.61 Å². The van der Waals surface area contributed by atoms with Crippen LogP contribution in [0.3, 0.4) is 0 Å². The van der Waals surface area contributed by atoms with Crippen molar-refractivity contribution in [3.63, 3.8) is 0 Å². The minimum atomic E-state index is -0.343. The molecule has 4 unspecified atom stereocenters. The molecular weight excluding hydrogens is 196 g/mol. The van der Waals surface area contributed by atoms with Crippen LogP contribution in [0.1, 0.15) is 20.3 Å². The molecule has 0 aromatic heterocycles. The molecule has 0 heterocycles. The van der Waals surface area contributed by atoms with E-state index in [1.54, 1.807) is 14.0 Å². The number of rotatable bonds is 6. The summed E-state index contributed by atoms with van der Waals surface area (Å²) in [6, 6.07) is -0.163. The number of ether oxygens (including phenoxy) is 2. The monoisotopic (exact) mass is 216 g/mol. The van der Waals surface area contributed by atoms with Crippen molar-refractivity contribution in [1.82, 2.24) is 5.32 Å². The summed E-state index contributed by atoms with van der Waals surface area (Å²) >= 11 is 0. The number of nitrogens with two attached hydrogens (primary N) is 1. The van der Waals surface area contributed by atoms with Gasteiger partial charge in [0.05, 0.1) is 18.2 Å². The standard InChI is InChI=1S/C10H20N2O3/c1-4-15-8-5-7(9(8)14-3)12-6(2)10(11)13/h6-9,12H,4-5H2,1-3H3,(H2,11,13). The number of hydrogen-bond donors (Lipinski definition) is 2. The first-order chi connectivity index (χ1) is 7.10. The van der Waals surface area contributed by atoms with Crippen molar-refractivity contribution in [1.29, 1.82) is 0 Å². The van der Waals surface area contributed by atoms with Crippen molar-refractivity contribution < 1.29 is 14.3 Å². The van der Waals surface area contributed by atoms with Crippen LogP contribution in [0.25, 0.3) is 0 Å². The zero-order valence-electron chi connectivity index (χ0n) is 9.53. The zero-order chi connectivity index (χ0) is 11.4. The Bertz CT molecular complexity index is 223. The number of primary amides is 1. The molecule has 0 saturated heterocycles. The number of amides is 1. The third-order valence-electron chi connectivity index (χ3n) is 2.79. The van der Waals surface area contributed by atoms with E-state index in [1.807, 2.05) is 6.92 Å². The van der Waals surface area contributed by atoms with E-state index < -0.39 is 0 Å². The summed E-state index contributed by atoms with van der Waals surface area (Å²) in [6.45, 7) is 4.39. The minimum absolute atomic E-state index is 0.0201. The predicted molar refractivity (Wildman–Crippen MR) is 56.4 cm³/mol. The Labute approximate surface area is 90.3 Å². The van der Waals surface area contributed by atoms with Crippen molar-refractivity contribution in [2.45, 2.75) is 44.6 Å². The second-order valence-corrected chi connectivity index (χ2v) is 3.83. The van der Waals surface area contributed by atoms with Gasteiger partial charge in [-0.2, -0.15) is 0 Å². The van der Waals surface area contributed by atoms with Gasteiger partial charge in [0.2, 0.25) is 5.91 Å². The molecule has 1 rings (SSSR count). The van der Waals surface area contributed by atoms with Gasteiger partial charge in [0, 0.05) is 19.8 Å². The van der Waals surface area contributed by atoms with Crippen LogP contribution < -0.4 is 11.1 Å². The Balaban J connectivity index is 2.36. The lowest BCUT2D eigenvalue weighted by Crippen LogP contribution is -2.62. The van der Waals surface area contributed by atoms with Gasteiger partial charge in [0.1, 0.15) is 0 Å². The Hall–Kier alpha value is -0.650. The van der Waals surface area contributed by atoms with Crippen LogP contribution in [0, 0.1) is 0 Å². The maximum atomic E-state index is 10.9. The highest BCUT2D eigenvalue weighted by Crippen LogP contribution is 2.27. The van der Waals surface area contributed by atoms with Gasteiger partial charge < -0.3 is 20.5 Å². The van der Waals surface area contributed by atoms with Gasteiger partial charge in [0.15, 0.2) is 0 Å². The summed E-state index contributed by atoms with van der Waals surface area (Å²) in [5, 5.41) is 3.13. The summed E-state index contributed by atoms with van der Waals surface area (Å²) in [7, 11) is 1.65. The van der Waals surface area contributed by atoms with E-state index in [4.69, 9.17) is 15.2 Å². The highest BCUT2D eigenvalue weighted by molar-refractivity contribution is 5.79. The molecule has 1 saturated carbocycles. The molecular formula is C10H20N2O3. The molecule has 1 aliphatic rings. The fourth-order valence-corrected chi connectivity index (χ4v) is 1.84. The number of nitrogens with one attached hydrogen (secondary N) is 1. The molecule has 5 heteroatoms. The molecule has 88 valence electrons. The van der Waals surface area contributed by atoms with Crippen molar-refractivity contribution in [2.75, 3.05) is 13.7 Å². The molecule has 0 aromatic carbocycles. The van der Waals surface area contributed by atoms with E-state index in [9.17, 15) is 4.79 Å². The van der Waals surface area contributed by atoms with Gasteiger partial charge in [-0.05, 0) is 20.3 Å². The lowest BCUT2D eigenvalue weighted by atomic mass is 9.84. The smallest absolute Gasteiger partial charge is 0.234 e. The molecule has 0 spiro atoms. The Kier molecular flexibility index (Phi) is 4.50. The number of carbonyl (C=O) groups excluding carboxylic acids is 1. The lowest BCUT2D eigenvalue weighted by Gasteiger charge is -2.44. The minimum Gasteiger partial charge on any atom is -0.377 e. The van der Waals surface area contributed by atoms with E-state index >= 15 is 0 Å². The van der Waals surface area contributed by atoms with E-state index in [2.05, 4.69) is 5.32 Å². The molecule has 0 radical (unpaired) electrons. The summed E-state index contributed by atoms with van der Waals surface area (Å²) in [5.74, 6) is -0.343. The molecule has 0 aliphatic heterocycles. The Morgan fingerprint density at radius 2 is 2.33 bits per heavy atom. The van der Waals surface area contributed by atoms with Gasteiger partial charge in [-0.25, -0.2) is 0 Å². The number of hydrogen-bond acceptors (Lipinski definition) is 4. The van der Waals surface area contributed by atoms with Gasteiger partial charge in [-0.3, -0.25) is 4.79 Å². The first-order valence-corrected chi connectivity index (χ1v) is 5.29. The molecule has 1 fully saturated rings. The Morgan fingerprint density at radius 3 is 2.80 bits per heavy atom. The fourth-order valence-electron chi connectivity index (χ4n) is 1.84. The van der Waals surface area contributed by atoms with Crippen molar-refractivity contribution in [2.24, 2.45) is 5.73 Å². The van der Waals surface area contributed by atoms with Crippen LogP contribution in [0.2, 0.25) is 0 Å². The first-order valence-electron chi connectivity index (χ1n) is 5.29. The maximum absolute atomic E-state index is 10.9. The molecule has 4 atom stereocenters. The maximum Gasteiger partial charge on any atom is 0.234 e. The van der Waals surface area contributed by atoms with Crippen molar-refractivity contribution >= 4 is 5.91 Å². The van der Waals surface area contributed by atoms with Crippen LogP contribution in [0.15, 0.2) is 0 Å². The molecule has 0 bridgehead atoms. The average Bonchev–Trinajstić information content (AvgIpc) is 2.16. The topological polar surface area (TPSA) is 73.6 Å². The number of methoxy groups -OCH3 is 1. The molecule has 15 heavy (non-hydrogen) atoms. The molecule has 1 aliphatic carbocycles. The average molecular weight is 216 g/mol. The molecule has 0 aromatic rings. The van der Waals surface area contributed by atoms with Crippen LogP contribution >= 0.6 is 0 Å². The van der Waals surface area contributed by atoms with Gasteiger partial charge in [-0.1, -0.05) is 0 Å². The second kappa shape index (κ2) is 5.44. The third-order valence-corrected chi connectivity index (χ3v) is 2.79. The summed E-state index contributed by atoms with van der Waals surface area (Å²) in [5.41, 5.74) is 5.17. The van der Waals surface area contributed by atoms with Gasteiger partial charge in [-0.15, -0.1) is 0 Å². The van der Waals surface area contributed by atoms with Crippen LogP contribution in [-0.2, 0) is 14.3 Å². The first kappa shape index (κ1) is 12.4. The van der Waals surface area contributed by atoms with Gasteiger partial charge >= 0.3 is 0 Å². The third kappa shape index (κ3) is 2.90. The fraction of sp³-hybridized carbons (Fsp3) is 0.900. The van der Waals surface area contributed by atoms with Crippen molar-refractivity contribution in [3.8, 4) is 0 Å². The largest absolute Gasteiger partial charge is 0.377 e. The van der Waals surface area contributed by atoms with Crippen molar-refractivity contribution in [3.05, 3.63) is 0 Å². The summed E-state index contributed by atoms with van der Waals surface area (Å²) in [6.07, 6.45) is 1.02. The summed E-state index contributed by atoms with van der Waals surface area (Å²) in [4.78, 5) is 10.9. The van der Waals surface area contributed by atoms with E-state index in [-0.39, 0.29) is 30.2 Å². The Morgan fingerprint density at radius 1 is 1.67 bits per heavy atom. The number of carbonyl (C=O) groups is 1. The van der Waals surface area contributed by atoms with Gasteiger partial charge in [0.25, 0.3) is 0 Å². The SMILES string of the molecule is CCOC1CC(NC(C)C(N)=O)C1OC. The predicted octanol–water partition coefficient (Wildman–Crippen LogP) is -0.358. The highest BCUT2D eigenvalue weighted by atomic mass is 16.5. The molecule has 1 amide bonds. The quantitative estimate of drug-likeness (QED) is 0.636. The zero-order valence-corrected chi connectivity index (χ0v) is 9.53. The molecule has 5 nitrogen and oxygen atoms in total. The van der Waals surface area contributed by atoms with Crippen LogP contribution in [-0.4, -0.2) is 43.9 Å². The normalized spacial score (nSPS) is 32.1. The van der Waals surface area contributed by atoms with E-state index in [1.165, 1.54) is 0 Å². The van der Waals surface area contributed by atoms with E-state index in [0.717, 1.165) is 6.42 Å². The molecule has 3 N–H and O–H groups in total. The lowest BCUT2D eigenvalue weighted by molar-refractivity contribution is -0.137.